The van der Waals surface area contributed by atoms with Crippen molar-refractivity contribution in [1.82, 2.24) is 9.91 Å². The first-order chi connectivity index (χ1) is 10.5. The maximum absolute atomic E-state index is 11.2. The number of likely N-dealkylation sites (N-methyl/N-ethyl adjacent to an activating group) is 1. The Hall–Kier alpha value is -2.35. The van der Waals surface area contributed by atoms with E-state index in [-0.39, 0.29) is 5.69 Å². The first-order valence-corrected chi connectivity index (χ1v) is 6.93. The quantitative estimate of drug-likeness (QED) is 0.462. The molecule has 8 heteroatoms. The van der Waals surface area contributed by atoms with Crippen LogP contribution in [0.25, 0.3) is 0 Å². The number of hydrogen-bond donors (Lipinski definition) is 0. The molecule has 0 saturated carbocycles. The summed E-state index contributed by atoms with van der Waals surface area (Å²) in [6.07, 6.45) is 1.51. The van der Waals surface area contributed by atoms with E-state index in [0.717, 1.165) is 26.2 Å². The molecule has 0 radical (unpaired) electrons. The molecule has 0 bridgehead atoms. The molecule has 8 nitrogen and oxygen atoms in total. The topological polar surface area (TPSA) is 80.4 Å². The monoisotopic (exact) mass is 308 g/mol. The molecule has 0 N–H and O–H groups in total. The fraction of sp³-hybridized carbons (Fsp3) is 0.500. The number of ether oxygens (including phenoxy) is 2. The van der Waals surface area contributed by atoms with Crippen molar-refractivity contribution in [2.75, 3.05) is 47.4 Å². The van der Waals surface area contributed by atoms with Crippen molar-refractivity contribution in [2.24, 2.45) is 5.10 Å². The van der Waals surface area contributed by atoms with Gasteiger partial charge in [0.2, 0.25) is 0 Å². The summed E-state index contributed by atoms with van der Waals surface area (Å²) in [5.41, 5.74) is 0.331. The Morgan fingerprint density at radius 2 is 1.77 bits per heavy atom. The maximum Gasteiger partial charge on any atom is 0.282 e. The van der Waals surface area contributed by atoms with Crippen LogP contribution in [0.2, 0.25) is 0 Å². The zero-order chi connectivity index (χ0) is 16.1. The molecule has 0 unspecified atom stereocenters. The molecule has 1 aliphatic rings. The lowest BCUT2D eigenvalue weighted by molar-refractivity contribution is -0.385. The van der Waals surface area contributed by atoms with Crippen LogP contribution in [0.15, 0.2) is 17.2 Å². The number of piperazine rings is 1. The number of hydrazone groups is 1. The van der Waals surface area contributed by atoms with Crippen molar-refractivity contribution in [1.29, 1.82) is 0 Å². The molecule has 0 spiro atoms. The Kier molecular flexibility index (Phi) is 5.16. The van der Waals surface area contributed by atoms with Crippen LogP contribution in [0.1, 0.15) is 5.56 Å². The van der Waals surface area contributed by atoms with E-state index < -0.39 is 4.92 Å². The highest BCUT2D eigenvalue weighted by Crippen LogP contribution is 2.33. The van der Waals surface area contributed by atoms with Gasteiger partial charge in [0, 0.05) is 26.2 Å². The third kappa shape index (κ3) is 3.64. The molecule has 1 aromatic rings. The molecular formula is C14H20N4O4. The van der Waals surface area contributed by atoms with E-state index >= 15 is 0 Å². The minimum Gasteiger partial charge on any atom is -0.493 e. The van der Waals surface area contributed by atoms with E-state index in [1.165, 1.54) is 26.5 Å². The largest absolute Gasteiger partial charge is 0.493 e. The molecule has 22 heavy (non-hydrogen) atoms. The predicted octanol–water partition coefficient (Wildman–Crippen LogP) is 1.19. The van der Waals surface area contributed by atoms with Crippen LogP contribution in [-0.2, 0) is 0 Å². The van der Waals surface area contributed by atoms with Gasteiger partial charge in [0.15, 0.2) is 11.5 Å². The fourth-order valence-electron chi connectivity index (χ4n) is 2.20. The molecule has 0 aliphatic carbocycles. The maximum atomic E-state index is 11.2. The van der Waals surface area contributed by atoms with Crippen molar-refractivity contribution in [3.63, 3.8) is 0 Å². The molecule has 2 rings (SSSR count). The summed E-state index contributed by atoms with van der Waals surface area (Å²) in [5, 5.41) is 17.5. The zero-order valence-electron chi connectivity index (χ0n) is 13.0. The summed E-state index contributed by atoms with van der Waals surface area (Å²) in [7, 11) is 4.99. The second-order valence-corrected chi connectivity index (χ2v) is 5.02. The standard InChI is InChI=1S/C14H20N4O4/c1-16-4-6-17(7-5-16)15-10-11-8-13(21-2)14(22-3)9-12(11)18(19)20/h8-10H,4-7H2,1-3H3/b15-10-. The second-order valence-electron chi connectivity index (χ2n) is 5.02. The van der Waals surface area contributed by atoms with Crippen LogP contribution >= 0.6 is 0 Å². The number of methoxy groups -OCH3 is 2. The van der Waals surface area contributed by atoms with Gasteiger partial charge in [-0.15, -0.1) is 0 Å². The van der Waals surface area contributed by atoms with Gasteiger partial charge in [-0.2, -0.15) is 5.10 Å². The van der Waals surface area contributed by atoms with Gasteiger partial charge in [-0.25, -0.2) is 0 Å². The SMILES string of the molecule is COc1cc(/C=N\N2CCN(C)CC2)c([N+](=O)[O-])cc1OC. The number of nitro groups is 1. The van der Waals surface area contributed by atoms with Crippen LogP contribution in [0.5, 0.6) is 11.5 Å². The lowest BCUT2D eigenvalue weighted by atomic mass is 10.1. The predicted molar refractivity (Wildman–Crippen MR) is 82.9 cm³/mol. The van der Waals surface area contributed by atoms with E-state index in [1.807, 2.05) is 5.01 Å². The smallest absolute Gasteiger partial charge is 0.282 e. The molecule has 1 aliphatic heterocycles. The highest BCUT2D eigenvalue weighted by Gasteiger charge is 2.19. The second kappa shape index (κ2) is 7.08. The van der Waals surface area contributed by atoms with Crippen LogP contribution in [0, 0.1) is 10.1 Å². The summed E-state index contributed by atoms with van der Waals surface area (Å²) in [4.78, 5) is 13.0. The highest BCUT2D eigenvalue weighted by molar-refractivity contribution is 5.86. The van der Waals surface area contributed by atoms with E-state index in [1.54, 1.807) is 6.07 Å². The summed E-state index contributed by atoms with van der Waals surface area (Å²) >= 11 is 0. The third-order valence-corrected chi connectivity index (χ3v) is 3.57. The van der Waals surface area contributed by atoms with E-state index in [9.17, 15) is 10.1 Å². The summed E-state index contributed by atoms with van der Waals surface area (Å²) < 4.78 is 10.3. The first-order valence-electron chi connectivity index (χ1n) is 6.93. The van der Waals surface area contributed by atoms with Crippen LogP contribution in [-0.4, -0.2) is 68.5 Å². The minimum atomic E-state index is -0.451. The van der Waals surface area contributed by atoms with Gasteiger partial charge in [-0.05, 0) is 13.1 Å². The van der Waals surface area contributed by atoms with E-state index in [2.05, 4.69) is 17.0 Å². The van der Waals surface area contributed by atoms with Gasteiger partial charge in [0.05, 0.1) is 37.0 Å². The lowest BCUT2D eigenvalue weighted by Crippen LogP contribution is -2.41. The van der Waals surface area contributed by atoms with Crippen molar-refractivity contribution in [2.45, 2.75) is 0 Å². The summed E-state index contributed by atoms with van der Waals surface area (Å²) in [6.45, 7) is 3.44. The zero-order valence-corrected chi connectivity index (χ0v) is 13.0. The van der Waals surface area contributed by atoms with Crippen molar-refractivity contribution >= 4 is 11.9 Å². The lowest BCUT2D eigenvalue weighted by Gasteiger charge is -2.30. The van der Waals surface area contributed by atoms with E-state index in [4.69, 9.17) is 9.47 Å². The highest BCUT2D eigenvalue weighted by atomic mass is 16.6. The third-order valence-electron chi connectivity index (χ3n) is 3.57. The number of nitro benzene ring substituents is 1. The molecule has 1 saturated heterocycles. The molecule has 0 aromatic heterocycles. The number of rotatable bonds is 5. The van der Waals surface area contributed by atoms with Crippen LogP contribution in [0.3, 0.4) is 0 Å². The Morgan fingerprint density at radius 3 is 2.32 bits per heavy atom. The van der Waals surface area contributed by atoms with Crippen molar-refractivity contribution in [3.05, 3.63) is 27.8 Å². The molecule has 120 valence electrons. The van der Waals surface area contributed by atoms with Crippen molar-refractivity contribution in [3.8, 4) is 11.5 Å². The Labute approximate surface area is 129 Å². The Bertz CT molecular complexity index is 568. The molecule has 1 fully saturated rings. The first kappa shape index (κ1) is 16.0. The van der Waals surface area contributed by atoms with Gasteiger partial charge in [0.1, 0.15) is 0 Å². The molecule has 0 amide bonds. The number of benzene rings is 1. The average Bonchev–Trinajstić information content (AvgIpc) is 2.53. The van der Waals surface area contributed by atoms with E-state index in [0.29, 0.717) is 17.1 Å². The summed E-state index contributed by atoms with van der Waals surface area (Å²) in [5.74, 6) is 0.763. The Morgan fingerprint density at radius 1 is 1.18 bits per heavy atom. The average molecular weight is 308 g/mol. The molecule has 0 atom stereocenters. The van der Waals surface area contributed by atoms with Crippen molar-refractivity contribution < 1.29 is 14.4 Å². The van der Waals surface area contributed by atoms with Crippen LogP contribution in [0.4, 0.5) is 5.69 Å². The Balaban J connectivity index is 2.26. The van der Waals surface area contributed by atoms with Gasteiger partial charge in [-0.3, -0.25) is 15.1 Å². The summed E-state index contributed by atoms with van der Waals surface area (Å²) in [6, 6.07) is 2.92. The number of hydrogen-bond acceptors (Lipinski definition) is 7. The van der Waals surface area contributed by atoms with Gasteiger partial charge in [0.25, 0.3) is 5.69 Å². The molecule has 1 heterocycles. The van der Waals surface area contributed by atoms with Crippen LogP contribution < -0.4 is 9.47 Å². The minimum absolute atomic E-state index is 0.0597. The fourth-order valence-corrected chi connectivity index (χ4v) is 2.20. The molecular weight excluding hydrogens is 288 g/mol. The number of nitrogens with zero attached hydrogens (tertiary/aromatic N) is 4. The van der Waals surface area contributed by atoms with Gasteiger partial charge < -0.3 is 14.4 Å². The van der Waals surface area contributed by atoms with Gasteiger partial charge in [-0.1, -0.05) is 0 Å². The normalized spacial score (nSPS) is 16.0. The molecule has 1 aromatic carbocycles. The van der Waals surface area contributed by atoms with Gasteiger partial charge >= 0.3 is 0 Å².